The van der Waals surface area contributed by atoms with E-state index < -0.39 is 0 Å². The molecule has 5 heteroatoms. The van der Waals surface area contributed by atoms with Crippen LogP contribution in [0.25, 0.3) is 0 Å². The highest BCUT2D eigenvalue weighted by atomic mass is 127. The molecule has 1 unspecified atom stereocenters. The monoisotopic (exact) mass is 326 g/mol. The first-order valence-electron chi connectivity index (χ1n) is 5.14. The Labute approximate surface area is 108 Å². The van der Waals surface area contributed by atoms with Crippen LogP contribution in [0.4, 0.5) is 5.69 Å². The Morgan fingerprint density at radius 3 is 3.19 bits per heavy atom. The van der Waals surface area contributed by atoms with Crippen LogP contribution in [0.1, 0.15) is 5.56 Å². The average Bonchev–Trinajstić information content (AvgIpc) is 2.72. The lowest BCUT2D eigenvalue weighted by Crippen LogP contribution is -2.45. The Balaban J connectivity index is 2.09. The molecule has 0 bridgehead atoms. The van der Waals surface area contributed by atoms with Crippen molar-refractivity contribution in [3.05, 3.63) is 27.3 Å². The van der Waals surface area contributed by atoms with E-state index in [1.165, 1.54) is 3.57 Å². The van der Waals surface area contributed by atoms with Crippen molar-refractivity contribution in [1.29, 1.82) is 0 Å². The number of hydrogen-bond donors (Lipinski definition) is 1. The predicted octanol–water partition coefficient (Wildman–Crippen LogP) is 1.57. The molecular weight excluding hydrogens is 315 g/mol. The molecule has 2 aliphatic rings. The van der Waals surface area contributed by atoms with E-state index in [0.29, 0.717) is 0 Å². The zero-order chi connectivity index (χ0) is 11.1. The van der Waals surface area contributed by atoms with Gasteiger partial charge in [-0.2, -0.15) is 0 Å². The average molecular weight is 326 g/mol. The third-order valence-corrected chi connectivity index (χ3v) is 3.52. The topological polar surface area (TPSA) is 40.0 Å². The second-order valence-electron chi connectivity index (χ2n) is 3.78. The predicted molar refractivity (Wildman–Crippen MR) is 73.4 cm³/mol. The number of rotatable bonds is 1. The molecule has 3 rings (SSSR count). The molecule has 16 heavy (non-hydrogen) atoms. The molecule has 2 heterocycles. The molecule has 0 fully saturated rings. The zero-order valence-electron chi connectivity index (χ0n) is 8.81. The fourth-order valence-corrected chi connectivity index (χ4v) is 2.50. The van der Waals surface area contributed by atoms with Crippen LogP contribution in [0.2, 0.25) is 0 Å². The van der Waals surface area contributed by atoms with Crippen molar-refractivity contribution in [3.8, 4) is 0 Å². The van der Waals surface area contributed by atoms with Crippen molar-refractivity contribution in [2.75, 3.05) is 13.6 Å². The van der Waals surface area contributed by atoms with Gasteiger partial charge in [0.25, 0.3) is 0 Å². The van der Waals surface area contributed by atoms with Crippen molar-refractivity contribution >= 4 is 40.5 Å². The molecule has 0 amide bonds. The number of amidine groups is 1. The SMILES string of the molecule is CNC1CN=C2c3cc(I)ccc3N=CN21. The Morgan fingerprint density at radius 2 is 2.38 bits per heavy atom. The quantitative estimate of drug-likeness (QED) is 0.796. The van der Waals surface area contributed by atoms with E-state index in [2.05, 4.69) is 54.9 Å². The Bertz CT molecular complexity index is 495. The summed E-state index contributed by atoms with van der Waals surface area (Å²) in [4.78, 5) is 11.1. The normalized spacial score (nSPS) is 21.8. The van der Waals surface area contributed by atoms with E-state index in [1.807, 2.05) is 19.5 Å². The molecule has 0 saturated carbocycles. The number of hydrogen-bond acceptors (Lipinski definition) is 4. The van der Waals surface area contributed by atoms with Gasteiger partial charge in [-0.25, -0.2) is 4.99 Å². The molecule has 0 aromatic heterocycles. The van der Waals surface area contributed by atoms with Crippen LogP contribution < -0.4 is 5.32 Å². The summed E-state index contributed by atoms with van der Waals surface area (Å²) in [5.74, 6) is 1.03. The van der Waals surface area contributed by atoms with E-state index >= 15 is 0 Å². The summed E-state index contributed by atoms with van der Waals surface area (Å²) in [5, 5.41) is 3.23. The number of benzene rings is 1. The Morgan fingerprint density at radius 1 is 1.50 bits per heavy atom. The van der Waals surface area contributed by atoms with E-state index in [0.717, 1.165) is 23.6 Å². The van der Waals surface area contributed by atoms with Gasteiger partial charge >= 0.3 is 0 Å². The van der Waals surface area contributed by atoms with Crippen molar-refractivity contribution in [2.24, 2.45) is 9.98 Å². The van der Waals surface area contributed by atoms with Crippen molar-refractivity contribution in [3.63, 3.8) is 0 Å². The van der Waals surface area contributed by atoms with E-state index in [1.54, 1.807) is 0 Å². The maximum absolute atomic E-state index is 4.58. The number of likely N-dealkylation sites (N-methyl/N-ethyl adjacent to an activating group) is 1. The molecule has 1 aromatic carbocycles. The molecule has 0 saturated heterocycles. The minimum absolute atomic E-state index is 0.241. The highest BCUT2D eigenvalue weighted by molar-refractivity contribution is 14.1. The highest BCUT2D eigenvalue weighted by Gasteiger charge is 2.30. The first kappa shape index (κ1) is 10.2. The maximum Gasteiger partial charge on any atom is 0.139 e. The minimum Gasteiger partial charge on any atom is -0.299 e. The highest BCUT2D eigenvalue weighted by Crippen LogP contribution is 2.29. The van der Waals surface area contributed by atoms with Crippen LogP contribution in [0.15, 0.2) is 28.2 Å². The van der Waals surface area contributed by atoms with Gasteiger partial charge in [-0.05, 0) is 47.8 Å². The van der Waals surface area contributed by atoms with Gasteiger partial charge in [0.05, 0.1) is 18.6 Å². The number of aliphatic imine (C=N–C) groups is 2. The molecule has 1 aromatic rings. The standard InChI is InChI=1S/C11H11IN4/c1-13-10-5-14-11-8-4-7(12)2-3-9(8)15-6-16(10)11/h2-4,6,10,13H,5H2,1H3. The lowest BCUT2D eigenvalue weighted by molar-refractivity contribution is 0.429. The maximum atomic E-state index is 4.58. The van der Waals surface area contributed by atoms with Gasteiger partial charge in [0.2, 0.25) is 0 Å². The smallest absolute Gasteiger partial charge is 0.139 e. The summed E-state index contributed by atoms with van der Waals surface area (Å²) in [6, 6.07) is 6.24. The zero-order valence-corrected chi connectivity index (χ0v) is 11.0. The number of halogens is 1. The summed E-state index contributed by atoms with van der Waals surface area (Å²) in [6.07, 6.45) is 2.10. The number of fused-ring (bicyclic) bond motifs is 3. The minimum atomic E-state index is 0.241. The summed E-state index contributed by atoms with van der Waals surface area (Å²) in [7, 11) is 1.95. The first-order chi connectivity index (χ1) is 7.79. The van der Waals surface area contributed by atoms with Gasteiger partial charge in [0, 0.05) is 9.13 Å². The van der Waals surface area contributed by atoms with Crippen LogP contribution >= 0.6 is 22.6 Å². The van der Waals surface area contributed by atoms with Crippen LogP contribution in [0.3, 0.4) is 0 Å². The van der Waals surface area contributed by atoms with Gasteiger partial charge in [-0.15, -0.1) is 0 Å². The van der Waals surface area contributed by atoms with Crippen molar-refractivity contribution < 1.29 is 0 Å². The first-order valence-corrected chi connectivity index (χ1v) is 6.21. The van der Waals surface area contributed by atoms with E-state index in [4.69, 9.17) is 0 Å². The second-order valence-corrected chi connectivity index (χ2v) is 5.03. The number of nitrogens with zero attached hydrogens (tertiary/aromatic N) is 3. The molecule has 0 radical (unpaired) electrons. The third-order valence-electron chi connectivity index (χ3n) is 2.85. The molecule has 4 nitrogen and oxygen atoms in total. The molecule has 0 spiro atoms. The summed E-state index contributed by atoms with van der Waals surface area (Å²) >= 11 is 2.31. The molecular formula is C11H11IN4. The molecule has 2 aliphatic heterocycles. The van der Waals surface area contributed by atoms with E-state index in [-0.39, 0.29) is 6.17 Å². The Hall–Kier alpha value is -0.950. The summed E-state index contributed by atoms with van der Waals surface area (Å²) < 4.78 is 1.21. The van der Waals surface area contributed by atoms with Crippen LogP contribution in [0.5, 0.6) is 0 Å². The molecule has 82 valence electrons. The van der Waals surface area contributed by atoms with Crippen LogP contribution in [-0.2, 0) is 0 Å². The van der Waals surface area contributed by atoms with Crippen molar-refractivity contribution in [1.82, 2.24) is 10.2 Å². The largest absolute Gasteiger partial charge is 0.299 e. The number of nitrogens with one attached hydrogen (secondary N) is 1. The van der Waals surface area contributed by atoms with Crippen LogP contribution in [-0.4, -0.2) is 36.8 Å². The summed E-state index contributed by atoms with van der Waals surface area (Å²) in [6.45, 7) is 0.781. The third kappa shape index (κ3) is 1.46. The fourth-order valence-electron chi connectivity index (χ4n) is 2.00. The Kier molecular flexibility index (Phi) is 2.44. The van der Waals surface area contributed by atoms with Gasteiger partial charge in [0.1, 0.15) is 12.0 Å². The van der Waals surface area contributed by atoms with Crippen LogP contribution in [0, 0.1) is 3.57 Å². The van der Waals surface area contributed by atoms with E-state index in [9.17, 15) is 0 Å². The lowest BCUT2D eigenvalue weighted by Gasteiger charge is -2.26. The molecule has 0 aliphatic carbocycles. The van der Waals surface area contributed by atoms with Gasteiger partial charge in [-0.1, -0.05) is 0 Å². The molecule has 1 N–H and O–H groups in total. The second kappa shape index (κ2) is 3.81. The van der Waals surface area contributed by atoms with Gasteiger partial charge in [-0.3, -0.25) is 15.2 Å². The van der Waals surface area contributed by atoms with Gasteiger partial charge < -0.3 is 0 Å². The summed E-state index contributed by atoms with van der Waals surface area (Å²) in [5.41, 5.74) is 2.14. The van der Waals surface area contributed by atoms with Gasteiger partial charge in [0.15, 0.2) is 0 Å². The van der Waals surface area contributed by atoms with Crippen molar-refractivity contribution in [2.45, 2.75) is 6.17 Å². The lowest BCUT2D eigenvalue weighted by atomic mass is 10.1. The fraction of sp³-hybridized carbons (Fsp3) is 0.273. The molecule has 1 atom stereocenters.